The first kappa shape index (κ1) is 14.3. The van der Waals surface area contributed by atoms with Crippen molar-refractivity contribution in [3.63, 3.8) is 0 Å². The van der Waals surface area contributed by atoms with Crippen LogP contribution in [-0.4, -0.2) is 29.1 Å². The number of rotatable bonds is 5. The molecule has 0 saturated carbocycles. The van der Waals surface area contributed by atoms with Gasteiger partial charge in [-0.15, -0.1) is 0 Å². The molecular formula is C15H18N2O3. The van der Waals surface area contributed by atoms with Gasteiger partial charge in [0.2, 0.25) is 5.91 Å². The molecule has 0 aliphatic heterocycles. The maximum Gasteiger partial charge on any atom is 0.220 e. The molecule has 1 aromatic heterocycles. The van der Waals surface area contributed by atoms with Crippen molar-refractivity contribution in [3.05, 3.63) is 45.7 Å². The number of amides is 1. The fourth-order valence-corrected chi connectivity index (χ4v) is 2.22. The Morgan fingerprint density at radius 2 is 2.10 bits per heavy atom. The van der Waals surface area contributed by atoms with Crippen LogP contribution in [0.5, 0.6) is 0 Å². The first-order valence-corrected chi connectivity index (χ1v) is 6.61. The second kappa shape index (κ2) is 6.34. The van der Waals surface area contributed by atoms with Crippen molar-refractivity contribution >= 4 is 16.8 Å². The van der Waals surface area contributed by atoms with Gasteiger partial charge in [0.1, 0.15) is 0 Å². The van der Waals surface area contributed by atoms with Crippen LogP contribution < -0.4 is 10.7 Å². The highest BCUT2D eigenvalue weighted by Gasteiger charge is 2.10. The predicted molar refractivity (Wildman–Crippen MR) is 77.7 cm³/mol. The molecular weight excluding hydrogens is 256 g/mol. The maximum atomic E-state index is 12.4. The third-order valence-electron chi connectivity index (χ3n) is 3.26. The highest BCUT2D eigenvalue weighted by atomic mass is 16.3. The normalized spacial score (nSPS) is 10.7. The topological polar surface area (TPSA) is 82.2 Å². The molecule has 0 saturated heterocycles. The van der Waals surface area contributed by atoms with Gasteiger partial charge in [-0.25, -0.2) is 0 Å². The summed E-state index contributed by atoms with van der Waals surface area (Å²) in [6.07, 6.45) is 0.630. The lowest BCUT2D eigenvalue weighted by atomic mass is 10.0. The van der Waals surface area contributed by atoms with Gasteiger partial charge in [0.05, 0.1) is 6.61 Å². The maximum absolute atomic E-state index is 12.4. The highest BCUT2D eigenvalue weighted by Crippen LogP contribution is 2.11. The molecule has 0 aliphatic carbocycles. The standard InChI is InChI=1S/C15H18N2O3/c1-10-11(6-7-14(19)16-8-9-18)15(20)12-4-2-3-5-13(12)17-10/h2-5,18H,6-9H2,1H3,(H,16,19)(H,17,20). The zero-order valence-electron chi connectivity index (χ0n) is 11.4. The van der Waals surface area contributed by atoms with Gasteiger partial charge in [0.15, 0.2) is 5.43 Å². The van der Waals surface area contributed by atoms with Crippen LogP contribution in [0.3, 0.4) is 0 Å². The Bertz CT molecular complexity index is 676. The van der Waals surface area contributed by atoms with Crippen molar-refractivity contribution in [2.24, 2.45) is 0 Å². The molecule has 3 N–H and O–H groups in total. The average molecular weight is 274 g/mol. The van der Waals surface area contributed by atoms with E-state index in [4.69, 9.17) is 5.11 Å². The third-order valence-corrected chi connectivity index (χ3v) is 3.26. The summed E-state index contributed by atoms with van der Waals surface area (Å²) in [6.45, 7) is 2.00. The van der Waals surface area contributed by atoms with Crippen molar-refractivity contribution in [2.75, 3.05) is 13.2 Å². The van der Waals surface area contributed by atoms with Crippen molar-refractivity contribution in [1.82, 2.24) is 10.3 Å². The predicted octanol–water partition coefficient (Wildman–Crippen LogP) is 0.878. The van der Waals surface area contributed by atoms with Crippen molar-refractivity contribution < 1.29 is 9.90 Å². The van der Waals surface area contributed by atoms with E-state index in [1.165, 1.54) is 0 Å². The number of fused-ring (bicyclic) bond motifs is 1. The smallest absolute Gasteiger partial charge is 0.220 e. The lowest BCUT2D eigenvalue weighted by molar-refractivity contribution is -0.121. The number of carbonyl (C=O) groups excluding carboxylic acids is 1. The Kier molecular flexibility index (Phi) is 4.53. The molecule has 0 aliphatic rings. The number of aliphatic hydroxyl groups is 1. The zero-order chi connectivity index (χ0) is 14.5. The van der Waals surface area contributed by atoms with Gasteiger partial charge in [-0.2, -0.15) is 0 Å². The summed E-state index contributed by atoms with van der Waals surface area (Å²) in [5.41, 5.74) is 2.22. The van der Waals surface area contributed by atoms with Crippen LogP contribution in [-0.2, 0) is 11.2 Å². The fourth-order valence-electron chi connectivity index (χ4n) is 2.22. The number of para-hydroxylation sites is 1. The van der Waals surface area contributed by atoms with Gasteiger partial charge in [-0.1, -0.05) is 12.1 Å². The summed E-state index contributed by atoms with van der Waals surface area (Å²) in [4.78, 5) is 27.1. The lowest BCUT2D eigenvalue weighted by Crippen LogP contribution is -2.27. The molecule has 2 aromatic rings. The van der Waals surface area contributed by atoms with Crippen molar-refractivity contribution in [3.8, 4) is 0 Å². The molecule has 2 rings (SSSR count). The number of aromatic amines is 1. The Morgan fingerprint density at radius 1 is 1.35 bits per heavy atom. The molecule has 0 spiro atoms. The summed E-state index contributed by atoms with van der Waals surface area (Å²) >= 11 is 0. The monoisotopic (exact) mass is 274 g/mol. The number of nitrogens with one attached hydrogen (secondary N) is 2. The van der Waals surface area contributed by atoms with Gasteiger partial charge in [-0.3, -0.25) is 9.59 Å². The quantitative estimate of drug-likeness (QED) is 0.757. The molecule has 0 bridgehead atoms. The van der Waals surface area contributed by atoms with Crippen molar-refractivity contribution in [1.29, 1.82) is 0 Å². The van der Waals surface area contributed by atoms with Crippen molar-refractivity contribution in [2.45, 2.75) is 19.8 Å². The van der Waals surface area contributed by atoms with Crippen LogP contribution in [0.4, 0.5) is 0 Å². The summed E-state index contributed by atoms with van der Waals surface area (Å²) < 4.78 is 0. The summed E-state index contributed by atoms with van der Waals surface area (Å²) in [7, 11) is 0. The number of aryl methyl sites for hydroxylation is 1. The molecule has 20 heavy (non-hydrogen) atoms. The second-order valence-electron chi connectivity index (χ2n) is 4.68. The number of hydrogen-bond acceptors (Lipinski definition) is 3. The minimum Gasteiger partial charge on any atom is -0.395 e. The van der Waals surface area contributed by atoms with E-state index < -0.39 is 0 Å². The minimum atomic E-state index is -0.161. The first-order valence-electron chi connectivity index (χ1n) is 6.61. The molecule has 106 valence electrons. The van der Waals surface area contributed by atoms with Crippen LogP contribution in [0.1, 0.15) is 17.7 Å². The Morgan fingerprint density at radius 3 is 2.85 bits per heavy atom. The van der Waals surface area contributed by atoms with Crippen LogP contribution in [0, 0.1) is 6.92 Å². The Hall–Kier alpha value is -2.14. The van der Waals surface area contributed by atoms with Gasteiger partial charge in [0, 0.05) is 35.1 Å². The van der Waals surface area contributed by atoms with Crippen LogP contribution >= 0.6 is 0 Å². The largest absolute Gasteiger partial charge is 0.395 e. The molecule has 1 amide bonds. The summed E-state index contributed by atoms with van der Waals surface area (Å²) in [5, 5.41) is 11.9. The molecule has 0 unspecified atom stereocenters. The van der Waals surface area contributed by atoms with E-state index in [0.717, 1.165) is 11.2 Å². The van der Waals surface area contributed by atoms with Crippen LogP contribution in [0.15, 0.2) is 29.1 Å². The zero-order valence-corrected chi connectivity index (χ0v) is 11.4. The second-order valence-corrected chi connectivity index (χ2v) is 4.68. The molecule has 5 nitrogen and oxygen atoms in total. The van der Waals surface area contributed by atoms with Crippen LogP contribution in [0.2, 0.25) is 0 Å². The Labute approximate surface area is 116 Å². The number of carbonyl (C=O) groups is 1. The Balaban J connectivity index is 2.22. The van der Waals surface area contributed by atoms with Crippen LogP contribution in [0.25, 0.3) is 10.9 Å². The minimum absolute atomic E-state index is 0.0215. The highest BCUT2D eigenvalue weighted by molar-refractivity contribution is 5.80. The number of pyridine rings is 1. The number of aliphatic hydroxyl groups excluding tert-OH is 1. The van der Waals surface area contributed by atoms with E-state index in [-0.39, 0.29) is 30.9 Å². The van der Waals surface area contributed by atoms with Gasteiger partial charge in [0.25, 0.3) is 0 Å². The first-order chi connectivity index (χ1) is 9.63. The number of H-pyrrole nitrogens is 1. The molecule has 0 fully saturated rings. The van der Waals surface area contributed by atoms with E-state index >= 15 is 0 Å². The molecule has 1 aromatic carbocycles. The van der Waals surface area contributed by atoms with E-state index in [0.29, 0.717) is 17.4 Å². The number of hydrogen-bond donors (Lipinski definition) is 3. The average Bonchev–Trinajstić information content (AvgIpc) is 2.45. The molecule has 5 heteroatoms. The van der Waals surface area contributed by atoms with Gasteiger partial charge >= 0.3 is 0 Å². The van der Waals surface area contributed by atoms with Gasteiger partial charge in [-0.05, 0) is 25.5 Å². The molecule has 1 heterocycles. The van der Waals surface area contributed by atoms with E-state index in [2.05, 4.69) is 10.3 Å². The number of benzene rings is 1. The number of aromatic nitrogens is 1. The lowest BCUT2D eigenvalue weighted by Gasteiger charge is -2.08. The third kappa shape index (κ3) is 3.05. The fraction of sp³-hybridized carbons (Fsp3) is 0.333. The molecule has 0 radical (unpaired) electrons. The van der Waals surface area contributed by atoms with Gasteiger partial charge < -0.3 is 15.4 Å². The summed E-state index contributed by atoms with van der Waals surface area (Å²) in [6, 6.07) is 7.34. The van der Waals surface area contributed by atoms with E-state index in [1.807, 2.05) is 25.1 Å². The molecule has 0 atom stereocenters. The summed E-state index contributed by atoms with van der Waals surface area (Å²) in [5.74, 6) is -0.161. The van der Waals surface area contributed by atoms with E-state index in [9.17, 15) is 9.59 Å². The van der Waals surface area contributed by atoms with E-state index in [1.54, 1.807) is 6.07 Å². The SMILES string of the molecule is Cc1[nH]c2ccccc2c(=O)c1CCC(=O)NCCO.